The Labute approximate surface area is 115 Å². The monoisotopic (exact) mass is 254 g/mol. The van der Waals surface area contributed by atoms with Gasteiger partial charge in [0.05, 0.1) is 11.7 Å². The zero-order valence-corrected chi connectivity index (χ0v) is 12.0. The second-order valence-corrected chi connectivity index (χ2v) is 6.31. The summed E-state index contributed by atoms with van der Waals surface area (Å²) >= 11 is 0. The number of fused-ring (bicyclic) bond motifs is 1. The number of benzene rings is 2. The molecular formula is C18H22O. The lowest BCUT2D eigenvalue weighted by Gasteiger charge is -2.24. The fourth-order valence-electron chi connectivity index (χ4n) is 3.22. The summed E-state index contributed by atoms with van der Waals surface area (Å²) in [7, 11) is 0. The van der Waals surface area contributed by atoms with Crippen molar-refractivity contribution in [3.63, 3.8) is 0 Å². The molecule has 0 aliphatic carbocycles. The number of ether oxygens (including phenoxy) is 1. The average molecular weight is 254 g/mol. The summed E-state index contributed by atoms with van der Waals surface area (Å²) in [5, 5.41) is 2.69. The molecule has 0 amide bonds. The van der Waals surface area contributed by atoms with Crippen molar-refractivity contribution in [1.82, 2.24) is 0 Å². The first kappa shape index (κ1) is 12.7. The molecule has 1 aliphatic rings. The zero-order valence-electron chi connectivity index (χ0n) is 12.0. The second-order valence-electron chi connectivity index (χ2n) is 6.31. The van der Waals surface area contributed by atoms with E-state index in [1.54, 1.807) is 0 Å². The van der Waals surface area contributed by atoms with Crippen molar-refractivity contribution >= 4 is 10.8 Å². The van der Waals surface area contributed by atoms with Crippen molar-refractivity contribution in [3.8, 4) is 0 Å². The third-order valence-electron chi connectivity index (χ3n) is 4.37. The molecule has 2 aromatic carbocycles. The summed E-state index contributed by atoms with van der Waals surface area (Å²) in [6.45, 7) is 6.69. The molecule has 2 atom stereocenters. The smallest absolute Gasteiger partial charge is 0.0649 e. The van der Waals surface area contributed by atoms with Gasteiger partial charge < -0.3 is 4.74 Å². The summed E-state index contributed by atoms with van der Waals surface area (Å²) in [5.74, 6) is 0.452. The van der Waals surface area contributed by atoms with Gasteiger partial charge in [-0.1, -0.05) is 49.4 Å². The van der Waals surface area contributed by atoms with Gasteiger partial charge in [-0.15, -0.1) is 0 Å². The number of hydrogen-bond donors (Lipinski definition) is 0. The maximum absolute atomic E-state index is 6.21. The van der Waals surface area contributed by atoms with Crippen LogP contribution in [0.5, 0.6) is 0 Å². The zero-order chi connectivity index (χ0) is 13.5. The molecule has 0 bridgehead atoms. The molecule has 1 aliphatic heterocycles. The van der Waals surface area contributed by atoms with Crippen molar-refractivity contribution in [2.75, 3.05) is 0 Å². The highest BCUT2D eigenvalue weighted by Crippen LogP contribution is 2.38. The van der Waals surface area contributed by atoms with Gasteiger partial charge in [0, 0.05) is 5.92 Å². The van der Waals surface area contributed by atoms with Gasteiger partial charge in [-0.25, -0.2) is 0 Å². The van der Waals surface area contributed by atoms with Crippen LogP contribution in [0, 0.1) is 0 Å². The quantitative estimate of drug-likeness (QED) is 0.740. The predicted octanol–water partition coefficient (Wildman–Crippen LogP) is 4.90. The van der Waals surface area contributed by atoms with Crippen LogP contribution in [0.25, 0.3) is 10.8 Å². The highest BCUT2D eigenvalue weighted by atomic mass is 16.5. The van der Waals surface area contributed by atoms with Crippen LogP contribution in [0.15, 0.2) is 42.5 Å². The Balaban J connectivity index is 1.96. The minimum absolute atomic E-state index is 0.0451. The lowest BCUT2D eigenvalue weighted by molar-refractivity contribution is -0.0241. The molecule has 0 N–H and O–H groups in total. The van der Waals surface area contributed by atoms with Crippen molar-refractivity contribution in [3.05, 3.63) is 48.0 Å². The van der Waals surface area contributed by atoms with Crippen LogP contribution in [0.4, 0.5) is 0 Å². The van der Waals surface area contributed by atoms with Gasteiger partial charge >= 0.3 is 0 Å². The molecule has 100 valence electrons. The Bertz CT molecular complexity index is 580. The van der Waals surface area contributed by atoms with E-state index in [1.165, 1.54) is 16.3 Å². The van der Waals surface area contributed by atoms with E-state index in [4.69, 9.17) is 4.74 Å². The summed E-state index contributed by atoms with van der Waals surface area (Å²) in [5.41, 5.74) is 1.46. The third kappa shape index (κ3) is 2.40. The first-order valence-corrected chi connectivity index (χ1v) is 7.22. The van der Waals surface area contributed by atoms with Crippen LogP contribution < -0.4 is 0 Å². The largest absolute Gasteiger partial charge is 0.372 e. The lowest BCUT2D eigenvalue weighted by Crippen LogP contribution is -2.23. The van der Waals surface area contributed by atoms with E-state index < -0.39 is 0 Å². The van der Waals surface area contributed by atoms with Crippen LogP contribution in [0.2, 0.25) is 0 Å². The van der Waals surface area contributed by atoms with Gasteiger partial charge in [0.1, 0.15) is 0 Å². The van der Waals surface area contributed by atoms with Gasteiger partial charge in [-0.3, -0.25) is 0 Å². The Hall–Kier alpha value is -1.34. The number of hydrogen-bond acceptors (Lipinski definition) is 1. The van der Waals surface area contributed by atoms with E-state index in [9.17, 15) is 0 Å². The van der Waals surface area contributed by atoms with Crippen LogP contribution in [-0.2, 0) is 4.74 Å². The molecule has 0 unspecified atom stereocenters. The maximum Gasteiger partial charge on any atom is 0.0649 e. The van der Waals surface area contributed by atoms with Crippen LogP contribution in [-0.4, -0.2) is 11.7 Å². The van der Waals surface area contributed by atoms with E-state index in [1.807, 2.05) is 0 Å². The predicted molar refractivity (Wildman–Crippen MR) is 80.5 cm³/mol. The van der Waals surface area contributed by atoms with Crippen molar-refractivity contribution < 1.29 is 4.74 Å². The van der Waals surface area contributed by atoms with E-state index in [0.29, 0.717) is 12.0 Å². The van der Waals surface area contributed by atoms with E-state index in [0.717, 1.165) is 12.8 Å². The molecule has 0 radical (unpaired) electrons. The van der Waals surface area contributed by atoms with E-state index in [2.05, 4.69) is 63.2 Å². The normalized spacial score (nSPS) is 23.6. The van der Waals surface area contributed by atoms with E-state index >= 15 is 0 Å². The van der Waals surface area contributed by atoms with Gasteiger partial charge in [0.15, 0.2) is 0 Å². The molecule has 1 nitrogen and oxygen atoms in total. The summed E-state index contributed by atoms with van der Waals surface area (Å²) in [6, 6.07) is 15.2. The molecular weight excluding hydrogens is 232 g/mol. The van der Waals surface area contributed by atoms with Gasteiger partial charge in [0.25, 0.3) is 0 Å². The fraction of sp³-hybridized carbons (Fsp3) is 0.444. The van der Waals surface area contributed by atoms with Gasteiger partial charge in [0.2, 0.25) is 0 Å². The molecule has 1 heterocycles. The first-order chi connectivity index (χ1) is 9.07. The molecule has 3 rings (SSSR count). The molecule has 0 aromatic heterocycles. The van der Waals surface area contributed by atoms with Crippen LogP contribution >= 0.6 is 0 Å². The highest BCUT2D eigenvalue weighted by molar-refractivity contribution is 5.86. The van der Waals surface area contributed by atoms with Crippen molar-refractivity contribution in [2.45, 2.75) is 51.2 Å². The Morgan fingerprint density at radius 2 is 1.84 bits per heavy atom. The first-order valence-electron chi connectivity index (χ1n) is 7.22. The Kier molecular flexibility index (Phi) is 3.10. The molecule has 2 aromatic rings. The SMILES string of the molecule is C[C@@H](c1cccc2ccccc12)[C@H]1CCC(C)(C)O1. The average Bonchev–Trinajstić information content (AvgIpc) is 2.78. The third-order valence-corrected chi connectivity index (χ3v) is 4.37. The summed E-state index contributed by atoms with van der Waals surface area (Å²) in [4.78, 5) is 0. The molecule has 0 saturated carbocycles. The van der Waals surface area contributed by atoms with E-state index in [-0.39, 0.29) is 5.60 Å². The summed E-state index contributed by atoms with van der Waals surface area (Å²) in [6.07, 6.45) is 2.67. The van der Waals surface area contributed by atoms with Gasteiger partial charge in [-0.2, -0.15) is 0 Å². The second kappa shape index (κ2) is 4.64. The molecule has 1 saturated heterocycles. The minimum Gasteiger partial charge on any atom is -0.372 e. The van der Waals surface area contributed by atoms with Crippen LogP contribution in [0.1, 0.15) is 45.1 Å². The Morgan fingerprint density at radius 3 is 2.58 bits per heavy atom. The summed E-state index contributed by atoms with van der Waals surface area (Å²) < 4.78 is 6.21. The Morgan fingerprint density at radius 1 is 1.11 bits per heavy atom. The topological polar surface area (TPSA) is 9.23 Å². The molecule has 1 fully saturated rings. The number of rotatable bonds is 2. The van der Waals surface area contributed by atoms with Gasteiger partial charge in [-0.05, 0) is 43.0 Å². The molecule has 19 heavy (non-hydrogen) atoms. The van der Waals surface area contributed by atoms with Crippen molar-refractivity contribution in [2.24, 2.45) is 0 Å². The lowest BCUT2D eigenvalue weighted by atomic mass is 9.89. The minimum atomic E-state index is 0.0451. The molecule has 1 heteroatoms. The maximum atomic E-state index is 6.21. The molecule has 0 spiro atoms. The van der Waals surface area contributed by atoms with Crippen molar-refractivity contribution in [1.29, 1.82) is 0 Å². The fourth-order valence-corrected chi connectivity index (χ4v) is 3.22. The highest BCUT2D eigenvalue weighted by Gasteiger charge is 2.35. The standard InChI is InChI=1S/C18H22O/c1-13(17-11-12-18(2,3)19-17)15-10-6-8-14-7-4-5-9-16(14)15/h4-10,13,17H,11-12H2,1-3H3/t13-,17+/m0/s1. The van der Waals surface area contributed by atoms with Crippen LogP contribution in [0.3, 0.4) is 0 Å².